The third-order valence-corrected chi connectivity index (χ3v) is 1.79. The maximum Gasteiger partial charge on any atom is 0.278 e. The molecule has 5 heteroatoms. The van der Waals surface area contributed by atoms with Gasteiger partial charge in [0.15, 0.2) is 18.1 Å². The molecule has 84 valence electrons. The molecule has 1 atom stereocenters. The molecule has 1 aromatic rings. The van der Waals surface area contributed by atoms with Gasteiger partial charge < -0.3 is 10.5 Å². The summed E-state index contributed by atoms with van der Waals surface area (Å²) in [7, 11) is 0. The molecule has 1 heterocycles. The Kier molecular flexibility index (Phi) is 3.57. The molecule has 3 nitrogen and oxygen atoms in total. The second-order valence-corrected chi connectivity index (χ2v) is 3.63. The van der Waals surface area contributed by atoms with E-state index in [1.54, 1.807) is 12.1 Å². The van der Waals surface area contributed by atoms with Crippen molar-refractivity contribution in [3.63, 3.8) is 0 Å². The van der Waals surface area contributed by atoms with E-state index in [-0.39, 0.29) is 6.04 Å². The molecule has 1 aromatic heterocycles. The van der Waals surface area contributed by atoms with Crippen LogP contribution in [0.1, 0.15) is 25.6 Å². The standard InChI is InChI=1S/C10H14F2N2O/c1-7(13)9-4-3-8(5-14-9)15-6-10(2,11)12/h3-5,7H,6,13H2,1-2H3/p+1. The molecular weight excluding hydrogens is 202 g/mol. The molecule has 0 aliphatic rings. The summed E-state index contributed by atoms with van der Waals surface area (Å²) in [4.78, 5) is 2.88. The Labute approximate surface area is 87.3 Å². The molecule has 0 fully saturated rings. The number of rotatable bonds is 4. The summed E-state index contributed by atoms with van der Waals surface area (Å²) in [6, 6.07) is 3.21. The number of nitrogens with one attached hydrogen (secondary N) is 1. The van der Waals surface area contributed by atoms with Crippen molar-refractivity contribution in [2.75, 3.05) is 6.61 Å². The molecule has 1 unspecified atom stereocenters. The fraction of sp³-hybridized carbons (Fsp3) is 0.500. The topological polar surface area (TPSA) is 49.4 Å². The number of aromatic amines is 1. The Hall–Kier alpha value is -1.23. The quantitative estimate of drug-likeness (QED) is 0.831. The molecule has 0 aromatic carbocycles. The lowest BCUT2D eigenvalue weighted by Gasteiger charge is -2.10. The number of hydrogen-bond donors (Lipinski definition) is 1. The van der Waals surface area contributed by atoms with Gasteiger partial charge in [-0.1, -0.05) is 0 Å². The molecule has 0 aliphatic heterocycles. The number of H-pyrrole nitrogens is 1. The highest BCUT2D eigenvalue weighted by Gasteiger charge is 2.22. The Bertz CT molecular complexity index is 306. The fourth-order valence-electron chi connectivity index (χ4n) is 1.01. The first kappa shape index (κ1) is 11.8. The summed E-state index contributed by atoms with van der Waals surface area (Å²) in [6.07, 6.45) is 1.52. The Morgan fingerprint density at radius 2 is 2.20 bits per heavy atom. The van der Waals surface area contributed by atoms with Crippen LogP contribution >= 0.6 is 0 Å². The van der Waals surface area contributed by atoms with Crippen LogP contribution in [0, 0.1) is 0 Å². The first-order valence-electron chi connectivity index (χ1n) is 4.66. The van der Waals surface area contributed by atoms with Gasteiger partial charge in [-0.2, -0.15) is 0 Å². The van der Waals surface area contributed by atoms with E-state index < -0.39 is 12.5 Å². The highest BCUT2D eigenvalue weighted by Crippen LogP contribution is 2.15. The van der Waals surface area contributed by atoms with Crippen molar-refractivity contribution in [2.24, 2.45) is 5.73 Å². The summed E-state index contributed by atoms with van der Waals surface area (Å²) in [5, 5.41) is 0. The third kappa shape index (κ3) is 4.20. The lowest BCUT2D eigenvalue weighted by molar-refractivity contribution is -0.393. The van der Waals surface area contributed by atoms with Gasteiger partial charge in [-0.15, -0.1) is 0 Å². The Morgan fingerprint density at radius 3 is 2.60 bits per heavy atom. The van der Waals surface area contributed by atoms with Crippen molar-refractivity contribution in [3.05, 3.63) is 24.0 Å². The van der Waals surface area contributed by atoms with Crippen LogP contribution in [0.2, 0.25) is 0 Å². The van der Waals surface area contributed by atoms with Crippen LogP contribution < -0.4 is 15.5 Å². The molecule has 0 radical (unpaired) electrons. The number of nitrogens with two attached hydrogens (primary N) is 1. The van der Waals surface area contributed by atoms with Gasteiger partial charge in [-0.25, -0.2) is 13.8 Å². The zero-order chi connectivity index (χ0) is 11.5. The SMILES string of the molecule is CC(N)c1ccc(OCC(C)(F)F)c[nH+]1. The summed E-state index contributed by atoms with van der Waals surface area (Å²) >= 11 is 0. The average Bonchev–Trinajstić information content (AvgIpc) is 2.14. The van der Waals surface area contributed by atoms with Crippen LogP contribution in [0.15, 0.2) is 18.3 Å². The number of ether oxygens (including phenoxy) is 1. The Balaban J connectivity index is 2.57. The van der Waals surface area contributed by atoms with Crippen molar-refractivity contribution in [1.29, 1.82) is 0 Å². The van der Waals surface area contributed by atoms with Crippen LogP contribution in [-0.2, 0) is 0 Å². The predicted octanol–water partition coefficient (Wildman–Crippen LogP) is 1.55. The summed E-state index contributed by atoms with van der Waals surface area (Å²) < 4.78 is 29.8. The van der Waals surface area contributed by atoms with Crippen molar-refractivity contribution < 1.29 is 18.5 Å². The zero-order valence-corrected chi connectivity index (χ0v) is 8.76. The minimum atomic E-state index is -2.82. The second-order valence-electron chi connectivity index (χ2n) is 3.63. The molecule has 0 aliphatic carbocycles. The maximum absolute atomic E-state index is 12.5. The molecule has 0 saturated carbocycles. The molecule has 0 bridgehead atoms. The van der Waals surface area contributed by atoms with E-state index in [9.17, 15) is 8.78 Å². The van der Waals surface area contributed by atoms with Crippen LogP contribution in [-0.4, -0.2) is 12.5 Å². The van der Waals surface area contributed by atoms with Gasteiger partial charge >= 0.3 is 0 Å². The largest absolute Gasteiger partial charge is 0.481 e. The van der Waals surface area contributed by atoms with Gasteiger partial charge in [-0.3, -0.25) is 0 Å². The number of halogens is 2. The lowest BCUT2D eigenvalue weighted by atomic mass is 10.2. The fourth-order valence-corrected chi connectivity index (χ4v) is 1.01. The molecule has 0 saturated heterocycles. The lowest BCUT2D eigenvalue weighted by Crippen LogP contribution is -2.23. The molecule has 0 amide bonds. The third-order valence-electron chi connectivity index (χ3n) is 1.79. The van der Waals surface area contributed by atoms with Crippen molar-refractivity contribution in [2.45, 2.75) is 25.8 Å². The van der Waals surface area contributed by atoms with E-state index in [0.29, 0.717) is 5.75 Å². The van der Waals surface area contributed by atoms with Crippen molar-refractivity contribution >= 4 is 0 Å². The number of hydrogen-bond acceptors (Lipinski definition) is 2. The predicted molar refractivity (Wildman–Crippen MR) is 51.7 cm³/mol. The number of alkyl halides is 2. The summed E-state index contributed by atoms with van der Waals surface area (Å²) in [5.41, 5.74) is 6.44. The normalized spacial score (nSPS) is 13.7. The molecule has 0 spiro atoms. The van der Waals surface area contributed by atoms with Crippen LogP contribution in [0.25, 0.3) is 0 Å². The average molecular weight is 217 g/mol. The molecular formula is C10H15F2N2O+. The molecule has 3 N–H and O–H groups in total. The van der Waals surface area contributed by atoms with Crippen LogP contribution in [0.3, 0.4) is 0 Å². The van der Waals surface area contributed by atoms with Crippen molar-refractivity contribution in [3.8, 4) is 5.75 Å². The Morgan fingerprint density at radius 1 is 1.53 bits per heavy atom. The van der Waals surface area contributed by atoms with Gasteiger partial charge in [0.2, 0.25) is 6.20 Å². The highest BCUT2D eigenvalue weighted by molar-refractivity contribution is 5.16. The van der Waals surface area contributed by atoms with Crippen LogP contribution in [0.5, 0.6) is 5.75 Å². The smallest absolute Gasteiger partial charge is 0.278 e. The van der Waals surface area contributed by atoms with Crippen molar-refractivity contribution in [1.82, 2.24) is 0 Å². The number of pyridine rings is 1. The van der Waals surface area contributed by atoms with Gasteiger partial charge in [-0.05, 0) is 13.0 Å². The number of aromatic nitrogens is 1. The second kappa shape index (κ2) is 4.53. The van der Waals surface area contributed by atoms with E-state index in [2.05, 4.69) is 4.98 Å². The van der Waals surface area contributed by atoms with Gasteiger partial charge in [0.1, 0.15) is 0 Å². The van der Waals surface area contributed by atoms with E-state index in [4.69, 9.17) is 10.5 Å². The summed E-state index contributed by atoms with van der Waals surface area (Å²) in [6.45, 7) is 2.01. The molecule has 15 heavy (non-hydrogen) atoms. The van der Waals surface area contributed by atoms with E-state index in [1.807, 2.05) is 6.92 Å². The maximum atomic E-state index is 12.5. The first-order valence-corrected chi connectivity index (χ1v) is 4.66. The monoisotopic (exact) mass is 217 g/mol. The first-order chi connectivity index (χ1) is 6.88. The van der Waals surface area contributed by atoms with E-state index >= 15 is 0 Å². The minimum absolute atomic E-state index is 0.119. The zero-order valence-electron chi connectivity index (χ0n) is 8.76. The van der Waals surface area contributed by atoms with Gasteiger partial charge in [0.25, 0.3) is 5.92 Å². The van der Waals surface area contributed by atoms with Crippen LogP contribution in [0.4, 0.5) is 8.78 Å². The van der Waals surface area contributed by atoms with Gasteiger partial charge in [0.05, 0.1) is 6.04 Å². The highest BCUT2D eigenvalue weighted by atomic mass is 19.3. The molecule has 1 rings (SSSR count). The summed E-state index contributed by atoms with van der Waals surface area (Å²) in [5.74, 6) is -2.44. The van der Waals surface area contributed by atoms with E-state index in [0.717, 1.165) is 12.6 Å². The van der Waals surface area contributed by atoms with Gasteiger partial charge in [0, 0.05) is 13.0 Å². The van der Waals surface area contributed by atoms with E-state index in [1.165, 1.54) is 6.20 Å². The minimum Gasteiger partial charge on any atom is -0.481 e.